The van der Waals surface area contributed by atoms with E-state index in [9.17, 15) is 19.4 Å². The molecular weight excluding hydrogens is 635 g/mol. The third kappa shape index (κ3) is 35.4. The first-order valence-corrected chi connectivity index (χ1v) is 22.0. The number of unbranched alkanes of at least 4 members (excludes halogenated alkanes) is 22. The fraction of sp³-hybridized carbons (Fsp3) is 0.925. The number of nitrogens with zero attached hydrogens (tertiary/aromatic N) is 1. The quantitative estimate of drug-likeness (QED) is 0.0287. The van der Waals surface area contributed by atoms with Crippen LogP contribution in [0, 0.1) is 0 Å². The van der Waals surface area contributed by atoms with Crippen molar-refractivity contribution in [1.29, 1.82) is 0 Å². The van der Waals surface area contributed by atoms with Gasteiger partial charge in [0.25, 0.3) is 7.82 Å². The van der Waals surface area contributed by atoms with E-state index in [4.69, 9.17) is 9.05 Å². The highest BCUT2D eigenvalue weighted by Crippen LogP contribution is 2.38. The summed E-state index contributed by atoms with van der Waals surface area (Å²) in [6, 6.07) is -0.799. The van der Waals surface area contributed by atoms with Gasteiger partial charge in [0.15, 0.2) is 0 Å². The van der Waals surface area contributed by atoms with E-state index < -0.39 is 20.0 Å². The number of aliphatic hydroxyl groups excluding tert-OH is 1. The maximum atomic E-state index is 12.8. The number of carbonyl (C=O) groups is 1. The molecule has 9 heteroatoms. The molecule has 0 aliphatic heterocycles. The number of allylic oxidation sites excluding steroid dienone is 2. The van der Waals surface area contributed by atoms with Crippen LogP contribution in [0.3, 0.4) is 0 Å². The SMILES string of the molecule is CCCCCCC/C=C\CCCCCCCC(=O)NC(COP(=O)([O-])OCC[N+](C)(C)C)C(O)CCCCCCCCCCCCCCC. The Labute approximate surface area is 303 Å². The lowest BCUT2D eigenvalue weighted by atomic mass is 10.0. The highest BCUT2D eigenvalue weighted by atomic mass is 31.2. The minimum Gasteiger partial charge on any atom is -0.756 e. The zero-order valence-corrected chi connectivity index (χ0v) is 33.8. The number of likely N-dealkylation sites (N-methyl/N-ethyl adjacent to an activating group) is 1. The summed E-state index contributed by atoms with van der Waals surface area (Å²) in [5.74, 6) is -0.174. The van der Waals surface area contributed by atoms with Crippen LogP contribution in [0.25, 0.3) is 0 Å². The second-order valence-electron chi connectivity index (χ2n) is 15.3. The van der Waals surface area contributed by atoms with Gasteiger partial charge in [-0.3, -0.25) is 9.36 Å². The molecule has 0 aromatic heterocycles. The lowest BCUT2D eigenvalue weighted by Crippen LogP contribution is -2.46. The molecule has 0 radical (unpaired) electrons. The van der Waals surface area contributed by atoms with Gasteiger partial charge in [0, 0.05) is 6.42 Å². The van der Waals surface area contributed by atoms with Crippen LogP contribution in [-0.2, 0) is 18.4 Å². The minimum absolute atomic E-state index is 0.0121. The smallest absolute Gasteiger partial charge is 0.268 e. The predicted molar refractivity (Wildman–Crippen MR) is 205 cm³/mol. The second kappa shape index (κ2) is 33.1. The van der Waals surface area contributed by atoms with Gasteiger partial charge in [-0.15, -0.1) is 0 Å². The molecule has 1 amide bonds. The van der Waals surface area contributed by atoms with Crippen molar-refractivity contribution in [3.05, 3.63) is 12.2 Å². The maximum absolute atomic E-state index is 12.8. The monoisotopic (exact) mass is 717 g/mol. The third-order valence-corrected chi connectivity index (χ3v) is 10.2. The molecule has 0 fully saturated rings. The molecule has 0 spiro atoms. The largest absolute Gasteiger partial charge is 0.756 e. The molecule has 3 unspecified atom stereocenters. The molecule has 0 aliphatic carbocycles. The van der Waals surface area contributed by atoms with Gasteiger partial charge < -0.3 is 28.8 Å². The van der Waals surface area contributed by atoms with E-state index in [2.05, 4.69) is 31.3 Å². The van der Waals surface area contributed by atoms with Crippen molar-refractivity contribution in [2.24, 2.45) is 0 Å². The first-order valence-electron chi connectivity index (χ1n) is 20.5. The van der Waals surface area contributed by atoms with Crippen LogP contribution in [0.15, 0.2) is 12.2 Å². The topological polar surface area (TPSA) is 108 Å². The van der Waals surface area contributed by atoms with Gasteiger partial charge in [0.1, 0.15) is 13.2 Å². The van der Waals surface area contributed by atoms with E-state index in [-0.39, 0.29) is 19.1 Å². The van der Waals surface area contributed by atoms with Crippen molar-refractivity contribution in [1.82, 2.24) is 5.32 Å². The van der Waals surface area contributed by atoms with Gasteiger partial charge in [0.2, 0.25) is 5.91 Å². The van der Waals surface area contributed by atoms with Gasteiger partial charge in [-0.05, 0) is 38.5 Å². The van der Waals surface area contributed by atoms with Crippen molar-refractivity contribution in [3.63, 3.8) is 0 Å². The van der Waals surface area contributed by atoms with Gasteiger partial charge >= 0.3 is 0 Å². The predicted octanol–water partition coefficient (Wildman–Crippen LogP) is 10.2. The number of rotatable bonds is 37. The van der Waals surface area contributed by atoms with Gasteiger partial charge in [-0.25, -0.2) is 0 Å². The van der Waals surface area contributed by atoms with Gasteiger partial charge in [0.05, 0.1) is 39.9 Å². The molecule has 0 heterocycles. The zero-order chi connectivity index (χ0) is 36.5. The van der Waals surface area contributed by atoms with E-state index in [0.717, 1.165) is 51.4 Å². The number of hydrogen-bond donors (Lipinski definition) is 2. The summed E-state index contributed by atoms with van der Waals surface area (Å²) in [6.45, 7) is 4.69. The van der Waals surface area contributed by atoms with E-state index in [1.807, 2.05) is 21.1 Å². The lowest BCUT2D eigenvalue weighted by molar-refractivity contribution is -0.870. The number of phosphoric acid groups is 1. The van der Waals surface area contributed by atoms with Crippen molar-refractivity contribution in [2.75, 3.05) is 40.9 Å². The number of carbonyl (C=O) groups excluding carboxylic acids is 1. The standard InChI is InChI=1S/C40H81N2O6P/c1-6-8-10-12-14-16-18-20-22-24-26-28-30-32-34-40(44)41-38(37-48-49(45,46)47-36-35-42(3,4)5)39(43)33-31-29-27-25-23-21-19-17-15-13-11-9-7-2/h18,20,38-39,43H,6-17,19,21-37H2,1-5H3,(H-,41,44,45,46)/b20-18-. The van der Waals surface area contributed by atoms with Crippen molar-refractivity contribution >= 4 is 13.7 Å². The Morgan fingerprint density at radius 3 is 1.59 bits per heavy atom. The van der Waals surface area contributed by atoms with Crippen molar-refractivity contribution < 1.29 is 32.9 Å². The molecule has 0 bridgehead atoms. The van der Waals surface area contributed by atoms with Crippen LogP contribution >= 0.6 is 7.82 Å². The summed E-state index contributed by atoms with van der Waals surface area (Å²) in [5.41, 5.74) is 0. The fourth-order valence-corrected chi connectivity index (χ4v) is 6.64. The van der Waals surface area contributed by atoms with E-state index >= 15 is 0 Å². The molecule has 0 saturated carbocycles. The third-order valence-electron chi connectivity index (χ3n) is 9.25. The normalized spacial score (nSPS) is 14.7. The maximum Gasteiger partial charge on any atom is 0.268 e. The fourth-order valence-electron chi connectivity index (χ4n) is 5.92. The Balaban J connectivity index is 4.44. The first kappa shape index (κ1) is 48.2. The Hall–Kier alpha value is -0.760. The molecule has 0 aromatic rings. The second-order valence-corrected chi connectivity index (χ2v) is 16.8. The van der Waals surface area contributed by atoms with Crippen molar-refractivity contribution in [3.8, 4) is 0 Å². The lowest BCUT2D eigenvalue weighted by Gasteiger charge is -2.30. The summed E-state index contributed by atoms with van der Waals surface area (Å²) in [5, 5.41) is 13.8. The molecule has 0 aliphatic rings. The van der Waals surface area contributed by atoms with Crippen LogP contribution in [-0.4, -0.2) is 68.5 Å². The molecule has 2 N–H and O–H groups in total. The summed E-state index contributed by atoms with van der Waals surface area (Å²) in [7, 11) is 1.30. The van der Waals surface area contributed by atoms with Crippen LogP contribution in [0.5, 0.6) is 0 Å². The first-order chi connectivity index (χ1) is 23.5. The van der Waals surface area contributed by atoms with Gasteiger partial charge in [-0.1, -0.05) is 154 Å². The molecule has 0 saturated heterocycles. The molecule has 0 rings (SSSR count). The highest BCUT2D eigenvalue weighted by molar-refractivity contribution is 7.45. The molecule has 49 heavy (non-hydrogen) atoms. The molecule has 8 nitrogen and oxygen atoms in total. The van der Waals surface area contributed by atoms with Gasteiger partial charge in [-0.2, -0.15) is 0 Å². The van der Waals surface area contributed by atoms with E-state index in [0.29, 0.717) is 23.9 Å². The summed E-state index contributed by atoms with van der Waals surface area (Å²) >= 11 is 0. The number of phosphoric ester groups is 1. The van der Waals surface area contributed by atoms with Crippen LogP contribution in [0.4, 0.5) is 0 Å². The summed E-state index contributed by atoms with van der Waals surface area (Å²) < 4.78 is 23.2. The van der Waals surface area contributed by atoms with Crippen LogP contribution in [0.1, 0.15) is 187 Å². The molecular formula is C40H81N2O6P. The van der Waals surface area contributed by atoms with Crippen LogP contribution < -0.4 is 10.2 Å². The average molecular weight is 717 g/mol. The summed E-state index contributed by atoms with van der Waals surface area (Å²) in [4.78, 5) is 25.2. The molecule has 0 aromatic carbocycles. The number of quaternary nitrogens is 1. The Bertz CT molecular complexity index is 819. The zero-order valence-electron chi connectivity index (χ0n) is 32.9. The Morgan fingerprint density at radius 2 is 1.12 bits per heavy atom. The van der Waals surface area contributed by atoms with E-state index in [1.165, 1.54) is 109 Å². The van der Waals surface area contributed by atoms with E-state index in [1.54, 1.807) is 0 Å². The Kier molecular flexibility index (Phi) is 32.6. The molecule has 292 valence electrons. The summed E-state index contributed by atoms with van der Waals surface area (Å²) in [6.07, 6.45) is 34.9. The minimum atomic E-state index is -4.56. The Morgan fingerprint density at radius 1 is 0.694 bits per heavy atom. The number of nitrogens with one attached hydrogen (secondary N) is 1. The van der Waals surface area contributed by atoms with Crippen LogP contribution in [0.2, 0.25) is 0 Å². The average Bonchev–Trinajstić information content (AvgIpc) is 3.04. The highest BCUT2D eigenvalue weighted by Gasteiger charge is 2.24. The number of amides is 1. The number of hydrogen-bond acceptors (Lipinski definition) is 6. The number of aliphatic hydroxyl groups is 1. The molecule has 3 atom stereocenters. The van der Waals surface area contributed by atoms with Crippen molar-refractivity contribution in [2.45, 2.75) is 199 Å².